The number of aromatic nitrogens is 5. The fourth-order valence-electron chi connectivity index (χ4n) is 10.6. The van der Waals surface area contributed by atoms with Crippen molar-refractivity contribution in [3.05, 3.63) is 212 Å². The Bertz CT molecular complexity index is 4580. The van der Waals surface area contributed by atoms with Crippen LogP contribution in [0.3, 0.4) is 0 Å². The van der Waals surface area contributed by atoms with Gasteiger partial charge in [-0.05, 0) is 82.6 Å². The maximum Gasteiger partial charge on any atom is 0.238 e. The van der Waals surface area contributed by atoms with Gasteiger partial charge in [0.25, 0.3) is 0 Å². The number of hydrogen-bond donors (Lipinski definition) is 0. The van der Waals surface area contributed by atoms with Crippen LogP contribution in [0.5, 0.6) is 0 Å². The molecule has 0 bridgehead atoms. The van der Waals surface area contributed by atoms with Crippen LogP contribution >= 0.6 is 11.3 Å². The maximum absolute atomic E-state index is 6.97. The first-order valence-corrected chi connectivity index (χ1v) is 23.7. The Kier molecular flexibility index (Phi) is 7.85. The zero-order chi connectivity index (χ0) is 44.5. The van der Waals surface area contributed by atoms with Gasteiger partial charge in [0.15, 0.2) is 17.2 Å². The molecule has 0 amide bonds. The maximum atomic E-state index is 6.97. The van der Waals surface area contributed by atoms with Crippen LogP contribution < -0.4 is 0 Å². The molecule has 0 aliphatic carbocycles. The molecule has 0 atom stereocenters. The summed E-state index contributed by atoms with van der Waals surface area (Å²) in [6.45, 7) is 0. The highest BCUT2D eigenvalue weighted by Gasteiger charge is 2.26. The number of hydrogen-bond acceptors (Lipinski definition) is 5. The number of furan rings is 1. The first-order valence-electron chi connectivity index (χ1n) is 22.8. The second kappa shape index (κ2) is 14.3. The van der Waals surface area contributed by atoms with Crippen LogP contribution in [0.15, 0.2) is 217 Å². The summed E-state index contributed by atoms with van der Waals surface area (Å²) in [6, 6.07) is 75.6. The SMILES string of the molecule is c1ccc(-c2nc(-c3ccc4sc5ccccc5c4c3)nc(-n3c4ccccc4c4ccc5c6ccccc6n(-c6cc(-c7ccc8ccccc8c7)cc7c6oc6ccccc67)c5c43)n2)cc1. The number of para-hydroxylation sites is 3. The molecule has 5 heterocycles. The molecule has 0 fully saturated rings. The van der Waals surface area contributed by atoms with E-state index in [0.29, 0.717) is 17.6 Å². The quantitative estimate of drug-likeness (QED) is 0.173. The third kappa shape index (κ3) is 5.48. The van der Waals surface area contributed by atoms with Crippen LogP contribution in [0.25, 0.3) is 142 Å². The van der Waals surface area contributed by atoms with Gasteiger partial charge in [0.1, 0.15) is 5.58 Å². The minimum Gasteiger partial charge on any atom is -0.454 e. The lowest BCUT2D eigenvalue weighted by Crippen LogP contribution is -2.07. The second-order valence-corrected chi connectivity index (χ2v) is 18.6. The van der Waals surface area contributed by atoms with Gasteiger partial charge in [-0.3, -0.25) is 4.57 Å². The molecular formula is C61H35N5OS. The van der Waals surface area contributed by atoms with Crippen molar-refractivity contribution in [1.29, 1.82) is 0 Å². The van der Waals surface area contributed by atoms with Gasteiger partial charge in [0.2, 0.25) is 5.95 Å². The fourth-order valence-corrected chi connectivity index (χ4v) is 11.7. The van der Waals surface area contributed by atoms with Crippen molar-refractivity contribution in [3.63, 3.8) is 0 Å². The molecule has 0 spiro atoms. The molecular weight excluding hydrogens is 851 g/mol. The van der Waals surface area contributed by atoms with Crippen molar-refractivity contribution in [3.8, 4) is 45.5 Å². The Morgan fingerprint density at radius 2 is 0.956 bits per heavy atom. The highest BCUT2D eigenvalue weighted by molar-refractivity contribution is 7.25. The molecule has 68 heavy (non-hydrogen) atoms. The lowest BCUT2D eigenvalue weighted by atomic mass is 9.98. The average molecular weight is 886 g/mol. The van der Waals surface area contributed by atoms with Crippen LogP contribution in [0.1, 0.15) is 0 Å². The smallest absolute Gasteiger partial charge is 0.238 e. The van der Waals surface area contributed by atoms with Gasteiger partial charge in [0, 0.05) is 63.6 Å². The summed E-state index contributed by atoms with van der Waals surface area (Å²) >= 11 is 1.81. The summed E-state index contributed by atoms with van der Waals surface area (Å²) in [5.74, 6) is 1.75. The standard InChI is InChI=1S/C61H35N5OS/c1-2-15-37(16-3-1)59-62-60(40-28-31-55-48(33-40)45-21-9-13-25-54(45)68-55)64-61(63-59)66-51-23-11-7-19-43(51)47-30-29-46-42-18-6-10-22-50(42)65(56(46)57(47)66)52-35-41(39-27-26-36-14-4-5-17-38(36)32-39)34-49-44-20-8-12-24-53(44)67-58(49)52/h1-35H. The minimum absolute atomic E-state index is 0.540. The van der Waals surface area contributed by atoms with Gasteiger partial charge in [-0.15, -0.1) is 11.3 Å². The monoisotopic (exact) mass is 885 g/mol. The van der Waals surface area contributed by atoms with Gasteiger partial charge in [-0.25, -0.2) is 4.98 Å². The van der Waals surface area contributed by atoms with Crippen LogP contribution in [-0.4, -0.2) is 24.1 Å². The largest absolute Gasteiger partial charge is 0.454 e. The fraction of sp³-hybridized carbons (Fsp3) is 0. The van der Waals surface area contributed by atoms with E-state index in [-0.39, 0.29) is 0 Å². The van der Waals surface area contributed by atoms with E-state index >= 15 is 0 Å². The van der Waals surface area contributed by atoms with E-state index in [4.69, 9.17) is 19.4 Å². The van der Waals surface area contributed by atoms with Crippen LogP contribution in [0.4, 0.5) is 0 Å². The Labute approximate surface area is 392 Å². The van der Waals surface area contributed by atoms with Crippen LogP contribution in [0.2, 0.25) is 0 Å². The van der Waals surface area contributed by atoms with E-state index in [2.05, 4.69) is 197 Å². The number of nitrogens with zero attached hydrogens (tertiary/aromatic N) is 5. The predicted molar refractivity (Wildman–Crippen MR) is 282 cm³/mol. The van der Waals surface area contributed by atoms with Gasteiger partial charge < -0.3 is 8.98 Å². The molecule has 7 heteroatoms. The van der Waals surface area contributed by atoms with Gasteiger partial charge in [-0.2, -0.15) is 9.97 Å². The summed E-state index contributed by atoms with van der Waals surface area (Å²) in [4.78, 5) is 16.1. The van der Waals surface area contributed by atoms with Gasteiger partial charge in [-0.1, -0.05) is 152 Å². The number of thiophene rings is 1. The molecule has 0 unspecified atom stereocenters. The topological polar surface area (TPSA) is 61.7 Å². The summed E-state index contributed by atoms with van der Waals surface area (Å²) in [6.07, 6.45) is 0. The Hall–Kier alpha value is -8.91. The van der Waals surface area contributed by atoms with Crippen molar-refractivity contribution in [2.24, 2.45) is 0 Å². The van der Waals surface area contributed by atoms with Crippen LogP contribution in [-0.2, 0) is 0 Å². The molecule has 0 saturated heterocycles. The Morgan fingerprint density at radius 3 is 1.76 bits per heavy atom. The zero-order valence-electron chi connectivity index (χ0n) is 36.3. The van der Waals surface area contributed by atoms with Crippen molar-refractivity contribution in [2.45, 2.75) is 0 Å². The second-order valence-electron chi connectivity index (χ2n) is 17.6. The highest BCUT2D eigenvalue weighted by Crippen LogP contribution is 2.45. The van der Waals surface area contributed by atoms with Crippen molar-refractivity contribution >= 4 is 108 Å². The first kappa shape index (κ1) is 37.3. The molecule has 0 aliphatic rings. The van der Waals surface area contributed by atoms with E-state index in [9.17, 15) is 0 Å². The van der Waals surface area contributed by atoms with E-state index < -0.39 is 0 Å². The molecule has 10 aromatic carbocycles. The lowest BCUT2D eigenvalue weighted by Gasteiger charge is -2.15. The van der Waals surface area contributed by atoms with E-state index in [1.807, 2.05) is 24.3 Å². The van der Waals surface area contributed by atoms with Gasteiger partial charge in [0.05, 0.1) is 27.8 Å². The summed E-state index contributed by atoms with van der Waals surface area (Å²) in [7, 11) is 0. The van der Waals surface area contributed by atoms with Crippen LogP contribution in [0, 0.1) is 0 Å². The molecule has 6 nitrogen and oxygen atoms in total. The normalized spacial score (nSPS) is 12.1. The van der Waals surface area contributed by atoms with E-state index in [0.717, 1.165) is 93.5 Å². The van der Waals surface area contributed by atoms with Crippen molar-refractivity contribution in [2.75, 3.05) is 0 Å². The summed E-state index contributed by atoms with van der Waals surface area (Å²) < 4.78 is 14.2. The first-order chi connectivity index (χ1) is 33.7. The molecule has 0 radical (unpaired) electrons. The molecule has 15 aromatic rings. The van der Waals surface area contributed by atoms with Crippen molar-refractivity contribution < 1.29 is 4.42 Å². The molecule has 0 saturated carbocycles. The van der Waals surface area contributed by atoms with E-state index in [1.165, 1.54) is 30.9 Å². The summed E-state index contributed by atoms with van der Waals surface area (Å²) in [5.41, 5.74) is 10.8. The predicted octanol–water partition coefficient (Wildman–Crippen LogP) is 16.5. The van der Waals surface area contributed by atoms with Crippen molar-refractivity contribution in [1.82, 2.24) is 24.1 Å². The number of rotatable bonds is 5. The third-order valence-corrected chi connectivity index (χ3v) is 14.9. The Morgan fingerprint density at radius 1 is 0.353 bits per heavy atom. The molecule has 15 rings (SSSR count). The van der Waals surface area contributed by atoms with E-state index in [1.54, 1.807) is 11.3 Å². The third-order valence-electron chi connectivity index (χ3n) is 13.7. The minimum atomic E-state index is 0.540. The molecule has 0 N–H and O–H groups in total. The number of fused-ring (bicyclic) bond motifs is 14. The molecule has 5 aromatic heterocycles. The van der Waals surface area contributed by atoms with Gasteiger partial charge >= 0.3 is 0 Å². The zero-order valence-corrected chi connectivity index (χ0v) is 37.1. The average Bonchev–Trinajstić information content (AvgIpc) is 4.16. The molecule has 316 valence electrons. The molecule has 0 aliphatic heterocycles. The summed E-state index contributed by atoms with van der Waals surface area (Å²) in [5, 5.41) is 11.4. The Balaban J connectivity index is 1.07. The number of benzene rings is 10. The highest BCUT2D eigenvalue weighted by atomic mass is 32.1. The lowest BCUT2D eigenvalue weighted by molar-refractivity contribution is 0.666.